The molecule has 0 amide bonds. The van der Waals surface area contributed by atoms with Crippen molar-refractivity contribution < 1.29 is 12.6 Å². The average molecular weight is 546 g/mol. The molecular formula is C29H43N3O3S2. The Labute approximate surface area is 228 Å². The third-order valence-electron chi connectivity index (χ3n) is 11.0. The van der Waals surface area contributed by atoms with Crippen LogP contribution in [0.5, 0.6) is 0 Å². The largest absolute Gasteiger partial charge is 0.375 e. The van der Waals surface area contributed by atoms with E-state index in [0.29, 0.717) is 17.8 Å². The molecule has 37 heavy (non-hydrogen) atoms. The van der Waals surface area contributed by atoms with Gasteiger partial charge >= 0.3 is 0 Å². The molecule has 4 saturated carbocycles. The molecule has 3 N–H and O–H groups in total. The number of hydrogen-bond donors (Lipinski definition) is 2. The molecule has 0 spiro atoms. The summed E-state index contributed by atoms with van der Waals surface area (Å²) in [5.41, 5.74) is 11.1. The van der Waals surface area contributed by atoms with E-state index in [2.05, 4.69) is 31.3 Å². The van der Waals surface area contributed by atoms with Crippen LogP contribution in [0.3, 0.4) is 0 Å². The Bertz CT molecular complexity index is 1170. The number of aryl methyl sites for hydroxylation is 1. The lowest BCUT2D eigenvalue weighted by molar-refractivity contribution is -0.120. The number of nitrogens with two attached hydrogens (primary N) is 1. The highest BCUT2D eigenvalue weighted by atomic mass is 32.2. The van der Waals surface area contributed by atoms with Crippen LogP contribution in [0.25, 0.3) is 0 Å². The second-order valence-electron chi connectivity index (χ2n) is 12.8. The van der Waals surface area contributed by atoms with E-state index in [-0.39, 0.29) is 26.9 Å². The van der Waals surface area contributed by atoms with Gasteiger partial charge in [-0.3, -0.25) is 9.61 Å². The SMILES string of the molecule is CC(=NNC(N)=S)[C@H]1CC[C@H]2[C@@H]3CC[C@@H]4C[C@@H](OS(=O)(=O)c5ccc(C)cc5)CC[C@]4(C)[C@H]3CC[C@]12C. The van der Waals surface area contributed by atoms with Crippen LogP contribution in [-0.4, -0.2) is 25.3 Å². The van der Waals surface area contributed by atoms with Gasteiger partial charge in [-0.2, -0.15) is 13.5 Å². The van der Waals surface area contributed by atoms with E-state index in [1.165, 1.54) is 38.5 Å². The van der Waals surface area contributed by atoms with Crippen molar-refractivity contribution in [3.63, 3.8) is 0 Å². The summed E-state index contributed by atoms with van der Waals surface area (Å²) in [5, 5.41) is 4.75. The van der Waals surface area contributed by atoms with E-state index in [1.807, 2.05) is 19.1 Å². The van der Waals surface area contributed by atoms with Gasteiger partial charge in [0.15, 0.2) is 5.11 Å². The number of thiocarbonyl (C=S) groups is 1. The molecule has 8 atom stereocenters. The Morgan fingerprint density at radius 2 is 1.70 bits per heavy atom. The molecule has 6 nitrogen and oxygen atoms in total. The van der Waals surface area contributed by atoms with Gasteiger partial charge in [0.25, 0.3) is 10.1 Å². The predicted molar refractivity (Wildman–Crippen MR) is 151 cm³/mol. The molecule has 5 rings (SSSR count). The molecule has 0 saturated heterocycles. The lowest BCUT2D eigenvalue weighted by atomic mass is 9.44. The minimum atomic E-state index is -3.73. The summed E-state index contributed by atoms with van der Waals surface area (Å²) in [4.78, 5) is 0.264. The number of hydrazone groups is 1. The summed E-state index contributed by atoms with van der Waals surface area (Å²) in [6.45, 7) is 9.09. The fourth-order valence-electron chi connectivity index (χ4n) is 9.15. The van der Waals surface area contributed by atoms with Gasteiger partial charge in [-0.05, 0) is 130 Å². The van der Waals surface area contributed by atoms with Gasteiger partial charge < -0.3 is 5.73 Å². The number of nitrogens with zero attached hydrogens (tertiary/aromatic N) is 1. The van der Waals surface area contributed by atoms with Crippen LogP contribution in [0.15, 0.2) is 34.3 Å². The topological polar surface area (TPSA) is 93.8 Å². The number of nitrogens with one attached hydrogen (secondary N) is 1. The minimum Gasteiger partial charge on any atom is -0.375 e. The standard InChI is InChI=1S/C29H43N3O3S2/c1-18-5-8-22(9-6-18)37(33,34)35-21-13-15-28(3)20(17-21)7-10-23-25-12-11-24(19(2)31-32-27(30)36)29(25,4)16-14-26(23)28/h5-6,8-9,20-21,23-26H,7,10-17H2,1-4H3,(H3,30,32,36)/t20-,21+,23+,24-,25+,26+,28+,29-/m1/s1. The number of benzene rings is 1. The first-order valence-electron chi connectivity index (χ1n) is 14.0. The van der Waals surface area contributed by atoms with Crippen molar-refractivity contribution in [3.05, 3.63) is 29.8 Å². The van der Waals surface area contributed by atoms with Gasteiger partial charge in [-0.25, -0.2) is 0 Å². The van der Waals surface area contributed by atoms with Crippen LogP contribution in [-0.2, 0) is 14.3 Å². The molecule has 1 aromatic rings. The Balaban J connectivity index is 1.28. The van der Waals surface area contributed by atoms with E-state index >= 15 is 0 Å². The highest BCUT2D eigenvalue weighted by molar-refractivity contribution is 7.86. The molecule has 0 heterocycles. The van der Waals surface area contributed by atoms with Gasteiger partial charge in [0.2, 0.25) is 0 Å². The Morgan fingerprint density at radius 3 is 2.41 bits per heavy atom. The first-order chi connectivity index (χ1) is 17.4. The second-order valence-corrected chi connectivity index (χ2v) is 14.8. The predicted octanol–water partition coefficient (Wildman–Crippen LogP) is 5.94. The number of rotatable bonds is 5. The summed E-state index contributed by atoms with van der Waals surface area (Å²) < 4.78 is 31.8. The molecule has 1 aromatic carbocycles. The smallest absolute Gasteiger partial charge is 0.297 e. The van der Waals surface area contributed by atoms with Crippen LogP contribution in [0.1, 0.15) is 84.1 Å². The molecule has 0 aromatic heterocycles. The van der Waals surface area contributed by atoms with Crippen molar-refractivity contribution in [2.45, 2.75) is 96.5 Å². The van der Waals surface area contributed by atoms with Gasteiger partial charge in [0, 0.05) is 11.6 Å². The van der Waals surface area contributed by atoms with Crippen LogP contribution in [0.4, 0.5) is 0 Å². The molecule has 8 heteroatoms. The molecule has 0 aliphatic heterocycles. The van der Waals surface area contributed by atoms with Crippen LogP contribution in [0.2, 0.25) is 0 Å². The van der Waals surface area contributed by atoms with Crippen molar-refractivity contribution in [1.29, 1.82) is 0 Å². The summed E-state index contributed by atoms with van der Waals surface area (Å²) in [6.07, 6.45) is 9.87. The third kappa shape index (κ3) is 4.87. The molecule has 4 fully saturated rings. The van der Waals surface area contributed by atoms with Crippen LogP contribution >= 0.6 is 12.2 Å². The zero-order valence-corrected chi connectivity index (χ0v) is 24.3. The molecular weight excluding hydrogens is 502 g/mol. The van der Waals surface area contributed by atoms with E-state index < -0.39 is 10.1 Å². The molecule has 0 unspecified atom stereocenters. The van der Waals surface area contributed by atoms with Crippen molar-refractivity contribution in [1.82, 2.24) is 5.43 Å². The van der Waals surface area contributed by atoms with Crippen molar-refractivity contribution >= 4 is 33.2 Å². The number of fused-ring (bicyclic) bond motifs is 5. The Hall–Kier alpha value is -1.51. The maximum absolute atomic E-state index is 13.0. The second kappa shape index (κ2) is 9.91. The molecule has 0 radical (unpaired) electrons. The first-order valence-corrected chi connectivity index (χ1v) is 15.9. The minimum absolute atomic E-state index is 0.217. The van der Waals surface area contributed by atoms with Gasteiger partial charge in [0.1, 0.15) is 0 Å². The lowest BCUT2D eigenvalue weighted by Gasteiger charge is -2.61. The zero-order valence-electron chi connectivity index (χ0n) is 22.7. The first kappa shape index (κ1) is 27.1. The molecule has 204 valence electrons. The van der Waals surface area contributed by atoms with Crippen molar-refractivity contribution in [2.75, 3.05) is 0 Å². The highest BCUT2D eigenvalue weighted by Crippen LogP contribution is 2.67. The summed E-state index contributed by atoms with van der Waals surface area (Å²) in [5.74, 6) is 3.18. The van der Waals surface area contributed by atoms with Crippen molar-refractivity contribution in [2.24, 2.45) is 51.3 Å². The van der Waals surface area contributed by atoms with Gasteiger partial charge in [-0.1, -0.05) is 31.5 Å². The lowest BCUT2D eigenvalue weighted by Crippen LogP contribution is -2.54. The molecule has 4 aliphatic rings. The third-order valence-corrected chi connectivity index (χ3v) is 12.5. The van der Waals surface area contributed by atoms with Crippen molar-refractivity contribution in [3.8, 4) is 0 Å². The maximum atomic E-state index is 13.0. The fourth-order valence-corrected chi connectivity index (χ4v) is 10.3. The van der Waals surface area contributed by atoms with E-state index in [0.717, 1.165) is 42.4 Å². The summed E-state index contributed by atoms with van der Waals surface area (Å²) in [7, 11) is -3.73. The Morgan fingerprint density at radius 1 is 1.03 bits per heavy atom. The highest BCUT2D eigenvalue weighted by Gasteiger charge is 2.60. The van der Waals surface area contributed by atoms with Gasteiger partial charge in [0.05, 0.1) is 11.0 Å². The fraction of sp³-hybridized carbons (Fsp3) is 0.724. The zero-order chi connectivity index (χ0) is 26.6. The number of hydrogen-bond acceptors (Lipinski definition) is 5. The normalized spacial score (nSPS) is 39.8. The van der Waals surface area contributed by atoms with Crippen LogP contribution < -0.4 is 11.2 Å². The summed E-state index contributed by atoms with van der Waals surface area (Å²) >= 11 is 4.96. The molecule has 4 aliphatic carbocycles. The van der Waals surface area contributed by atoms with Gasteiger partial charge in [-0.15, -0.1) is 0 Å². The van der Waals surface area contributed by atoms with E-state index in [4.69, 9.17) is 22.1 Å². The van der Waals surface area contributed by atoms with E-state index in [9.17, 15) is 8.42 Å². The quantitative estimate of drug-likeness (QED) is 0.206. The Kier molecular flexibility index (Phi) is 7.25. The summed E-state index contributed by atoms with van der Waals surface area (Å²) in [6, 6.07) is 6.97. The molecule has 0 bridgehead atoms. The average Bonchev–Trinajstić information content (AvgIpc) is 3.20. The maximum Gasteiger partial charge on any atom is 0.297 e. The van der Waals surface area contributed by atoms with Crippen LogP contribution in [0, 0.1) is 47.3 Å². The van der Waals surface area contributed by atoms with E-state index in [1.54, 1.807) is 12.1 Å². The monoisotopic (exact) mass is 545 g/mol.